The molecule has 0 bridgehead atoms. The Bertz CT molecular complexity index is 157. The molecular formula is C8H18ClN3O. The van der Waals surface area contributed by atoms with Crippen LogP contribution in [-0.4, -0.2) is 30.7 Å². The van der Waals surface area contributed by atoms with Gasteiger partial charge in [0.2, 0.25) is 0 Å². The molecule has 78 valence electrons. The minimum atomic E-state index is 0. The van der Waals surface area contributed by atoms with Crippen molar-refractivity contribution in [3.05, 3.63) is 0 Å². The summed E-state index contributed by atoms with van der Waals surface area (Å²) in [6.07, 6.45) is 4.73. The van der Waals surface area contributed by atoms with E-state index in [0.717, 1.165) is 6.54 Å². The summed E-state index contributed by atoms with van der Waals surface area (Å²) >= 11 is 0. The molecule has 1 heterocycles. The summed E-state index contributed by atoms with van der Waals surface area (Å²) in [6.45, 7) is 3.51. The molecule has 1 aliphatic heterocycles. The second-order valence-electron chi connectivity index (χ2n) is 3.40. The number of nitrogens with one attached hydrogen (secondary N) is 1. The van der Waals surface area contributed by atoms with Crippen LogP contribution in [0.3, 0.4) is 0 Å². The fourth-order valence-electron chi connectivity index (χ4n) is 1.66. The van der Waals surface area contributed by atoms with E-state index in [2.05, 4.69) is 5.16 Å². The van der Waals surface area contributed by atoms with E-state index in [0.29, 0.717) is 12.3 Å². The lowest BCUT2D eigenvalue weighted by Crippen LogP contribution is -3.12. The summed E-state index contributed by atoms with van der Waals surface area (Å²) < 4.78 is 0. The molecule has 0 aromatic rings. The number of oxime groups is 1. The Morgan fingerprint density at radius 1 is 1.31 bits per heavy atom. The van der Waals surface area contributed by atoms with Gasteiger partial charge in [-0.15, -0.1) is 0 Å². The molecule has 4 N–H and O–H groups in total. The molecule has 0 radical (unpaired) electrons. The molecule has 1 fully saturated rings. The highest BCUT2D eigenvalue weighted by molar-refractivity contribution is 5.79. The highest BCUT2D eigenvalue weighted by Gasteiger charge is 2.13. The number of hydrogen-bond acceptors (Lipinski definition) is 2. The number of halogens is 1. The second-order valence-corrected chi connectivity index (χ2v) is 3.40. The van der Waals surface area contributed by atoms with Crippen molar-refractivity contribution in [2.24, 2.45) is 10.9 Å². The number of quaternary nitrogens is 1. The average Bonchev–Trinajstić information content (AvgIpc) is 2.16. The zero-order valence-corrected chi connectivity index (χ0v) is 8.56. The lowest BCUT2D eigenvalue weighted by atomic mass is 10.1. The molecule has 0 amide bonds. The van der Waals surface area contributed by atoms with Gasteiger partial charge in [-0.1, -0.05) is 5.16 Å². The number of likely N-dealkylation sites (tertiary alicyclic amines) is 1. The van der Waals surface area contributed by atoms with Gasteiger partial charge in [-0.2, -0.15) is 0 Å². The minimum Gasteiger partial charge on any atom is -1.00 e. The maximum absolute atomic E-state index is 8.32. The van der Waals surface area contributed by atoms with Gasteiger partial charge in [0.1, 0.15) is 5.84 Å². The van der Waals surface area contributed by atoms with Gasteiger partial charge in [-0.05, 0) is 19.3 Å². The molecule has 13 heavy (non-hydrogen) atoms. The minimum absolute atomic E-state index is 0. The normalized spacial score (nSPS) is 19.5. The summed E-state index contributed by atoms with van der Waals surface area (Å²) in [7, 11) is 0. The molecule has 0 aromatic carbocycles. The lowest BCUT2D eigenvalue weighted by Gasteiger charge is -2.22. The van der Waals surface area contributed by atoms with Gasteiger partial charge in [0.15, 0.2) is 0 Å². The van der Waals surface area contributed by atoms with Crippen molar-refractivity contribution in [1.82, 2.24) is 0 Å². The summed E-state index contributed by atoms with van der Waals surface area (Å²) in [5.74, 6) is 0.355. The number of hydrogen-bond donors (Lipinski definition) is 3. The average molecular weight is 208 g/mol. The van der Waals surface area contributed by atoms with E-state index in [1.165, 1.54) is 32.4 Å². The lowest BCUT2D eigenvalue weighted by molar-refractivity contribution is -0.904. The largest absolute Gasteiger partial charge is 1.00 e. The Morgan fingerprint density at radius 3 is 2.46 bits per heavy atom. The van der Waals surface area contributed by atoms with Crippen molar-refractivity contribution in [1.29, 1.82) is 0 Å². The van der Waals surface area contributed by atoms with Gasteiger partial charge in [-0.25, -0.2) is 0 Å². The number of piperidine rings is 1. The monoisotopic (exact) mass is 207 g/mol. The van der Waals surface area contributed by atoms with Crippen LogP contribution in [0, 0.1) is 0 Å². The smallest absolute Gasteiger partial charge is 0.144 e. The zero-order chi connectivity index (χ0) is 8.81. The van der Waals surface area contributed by atoms with Crippen molar-refractivity contribution in [2.75, 3.05) is 19.6 Å². The summed E-state index contributed by atoms with van der Waals surface area (Å²) in [5, 5.41) is 11.3. The van der Waals surface area contributed by atoms with E-state index < -0.39 is 0 Å². The van der Waals surface area contributed by atoms with E-state index in [1.54, 1.807) is 4.90 Å². The van der Waals surface area contributed by atoms with E-state index in [9.17, 15) is 0 Å². The zero-order valence-electron chi connectivity index (χ0n) is 7.80. The molecular weight excluding hydrogens is 190 g/mol. The number of rotatable bonds is 3. The predicted molar refractivity (Wildman–Crippen MR) is 47.4 cm³/mol. The van der Waals surface area contributed by atoms with Gasteiger partial charge < -0.3 is 28.2 Å². The molecule has 0 saturated carbocycles. The van der Waals surface area contributed by atoms with Crippen molar-refractivity contribution >= 4 is 5.84 Å². The molecule has 4 nitrogen and oxygen atoms in total. The molecule has 5 heteroatoms. The van der Waals surface area contributed by atoms with Crippen LogP contribution < -0.4 is 23.0 Å². The number of amidine groups is 1. The number of nitrogens with two attached hydrogens (primary N) is 1. The van der Waals surface area contributed by atoms with E-state index in [1.807, 2.05) is 0 Å². The quantitative estimate of drug-likeness (QED) is 0.192. The molecule has 1 aliphatic rings. The van der Waals surface area contributed by atoms with Crippen LogP contribution in [0.5, 0.6) is 0 Å². The third-order valence-corrected chi connectivity index (χ3v) is 2.42. The summed E-state index contributed by atoms with van der Waals surface area (Å²) in [4.78, 5) is 1.59. The van der Waals surface area contributed by atoms with E-state index in [4.69, 9.17) is 10.9 Å². The van der Waals surface area contributed by atoms with E-state index in [-0.39, 0.29) is 12.4 Å². The number of nitrogens with zero attached hydrogens (tertiary/aromatic N) is 1. The topological polar surface area (TPSA) is 63.0 Å². The Morgan fingerprint density at radius 2 is 1.92 bits per heavy atom. The fraction of sp³-hybridized carbons (Fsp3) is 0.875. The Balaban J connectivity index is 0.00000144. The molecule has 1 saturated heterocycles. The maximum Gasteiger partial charge on any atom is 0.144 e. The molecule has 0 aromatic heterocycles. The van der Waals surface area contributed by atoms with Crippen molar-refractivity contribution in [2.45, 2.75) is 25.7 Å². The standard InChI is InChI=1S/C8H17N3O.ClH/c9-8(10-12)4-7-11-5-2-1-3-6-11;/h12H,1-7H2,(H2,9,10);1H. The SMILES string of the molecule is N/C(CC[NH+]1CCCCC1)=N\O.[Cl-]. The highest BCUT2D eigenvalue weighted by atomic mass is 35.5. The molecule has 1 rings (SSSR count). The Kier molecular flexibility index (Phi) is 6.72. The second kappa shape index (κ2) is 6.97. The van der Waals surface area contributed by atoms with Gasteiger partial charge in [0, 0.05) is 0 Å². The molecule has 0 unspecified atom stereocenters. The van der Waals surface area contributed by atoms with Crippen molar-refractivity contribution in [3.8, 4) is 0 Å². The summed E-state index contributed by atoms with van der Waals surface area (Å²) in [6, 6.07) is 0. The van der Waals surface area contributed by atoms with Crippen molar-refractivity contribution in [3.63, 3.8) is 0 Å². The van der Waals surface area contributed by atoms with E-state index >= 15 is 0 Å². The van der Waals surface area contributed by atoms with Crippen LogP contribution in [0.15, 0.2) is 5.16 Å². The predicted octanol–water partition coefficient (Wildman–Crippen LogP) is -3.80. The first kappa shape index (κ1) is 12.5. The molecule has 0 atom stereocenters. The van der Waals surface area contributed by atoms with Gasteiger partial charge in [-0.3, -0.25) is 0 Å². The van der Waals surface area contributed by atoms with Gasteiger partial charge >= 0.3 is 0 Å². The first-order valence-electron chi connectivity index (χ1n) is 4.63. The van der Waals surface area contributed by atoms with Crippen LogP contribution in [-0.2, 0) is 0 Å². The van der Waals surface area contributed by atoms with Crippen LogP contribution in [0.2, 0.25) is 0 Å². The van der Waals surface area contributed by atoms with Crippen LogP contribution in [0.25, 0.3) is 0 Å². The Hall–Kier alpha value is -0.480. The van der Waals surface area contributed by atoms with Crippen molar-refractivity contribution < 1.29 is 22.5 Å². The highest BCUT2D eigenvalue weighted by Crippen LogP contribution is 1.94. The molecule has 0 spiro atoms. The first-order valence-corrected chi connectivity index (χ1v) is 4.63. The third kappa shape index (κ3) is 4.95. The summed E-state index contributed by atoms with van der Waals surface area (Å²) in [5.41, 5.74) is 5.38. The van der Waals surface area contributed by atoms with Crippen LogP contribution in [0.1, 0.15) is 25.7 Å². The van der Waals surface area contributed by atoms with Crippen LogP contribution >= 0.6 is 0 Å². The molecule has 0 aliphatic carbocycles. The third-order valence-electron chi connectivity index (χ3n) is 2.42. The van der Waals surface area contributed by atoms with Gasteiger partial charge in [0.05, 0.1) is 26.1 Å². The fourth-order valence-corrected chi connectivity index (χ4v) is 1.66. The maximum atomic E-state index is 8.32. The van der Waals surface area contributed by atoms with Gasteiger partial charge in [0.25, 0.3) is 0 Å². The van der Waals surface area contributed by atoms with Crippen LogP contribution in [0.4, 0.5) is 0 Å². The Labute approximate surface area is 85.2 Å². The first-order chi connectivity index (χ1) is 5.83.